The van der Waals surface area contributed by atoms with Crippen molar-refractivity contribution in [2.75, 3.05) is 26.4 Å². The van der Waals surface area contributed by atoms with Gasteiger partial charge in [0.15, 0.2) is 0 Å². The van der Waals surface area contributed by atoms with Crippen LogP contribution in [0.4, 0.5) is 0 Å². The fourth-order valence-electron chi connectivity index (χ4n) is 12.1. The summed E-state index contributed by atoms with van der Waals surface area (Å²) in [7, 11) is 0. The zero-order valence-electron chi connectivity index (χ0n) is 34.2. The molecule has 5 heteroatoms. The Hall–Kier alpha value is -2.21. The van der Waals surface area contributed by atoms with Crippen LogP contribution in [0.1, 0.15) is 130 Å². The van der Waals surface area contributed by atoms with E-state index in [1.54, 1.807) is 0 Å². The summed E-state index contributed by atoms with van der Waals surface area (Å²) in [6, 6.07) is 10.6. The number of carbonyl (C=O) groups is 1. The van der Waals surface area contributed by atoms with Gasteiger partial charge in [-0.15, -0.1) is 19.7 Å². The molecule has 4 fully saturated rings. The Morgan fingerprint density at radius 1 is 0.868 bits per heavy atom. The SMILES string of the molecule is C=CCO[C@@H]1CC[C@@]2(C)C(C1)C[C@@H](OCC=C)C1[C@@H]3CCC([C@@H](C)CCC(=O)N(CCCCCCCC)Cc4ccccc4)[C@@]3(C)[C@@H](OCC=C)C[C@@H]12. The smallest absolute Gasteiger partial charge is 0.222 e. The minimum absolute atomic E-state index is 0.0259. The van der Waals surface area contributed by atoms with Crippen LogP contribution in [0.15, 0.2) is 68.3 Å². The van der Waals surface area contributed by atoms with Crippen LogP contribution in [-0.4, -0.2) is 55.5 Å². The third-order valence-electron chi connectivity index (χ3n) is 14.9. The lowest BCUT2D eigenvalue weighted by atomic mass is 9.43. The highest BCUT2D eigenvalue weighted by molar-refractivity contribution is 5.76. The Bertz CT molecular complexity index is 1300. The molecule has 0 aromatic heterocycles. The lowest BCUT2D eigenvalue weighted by molar-refractivity contribution is -0.223. The summed E-state index contributed by atoms with van der Waals surface area (Å²) in [5.74, 6) is 3.42. The molecule has 53 heavy (non-hydrogen) atoms. The first kappa shape index (κ1) is 41.9. The zero-order chi connectivity index (χ0) is 37.8. The Labute approximate surface area is 324 Å². The molecule has 1 aromatic rings. The number of amides is 1. The molecule has 4 aliphatic rings. The number of rotatable bonds is 22. The second-order valence-corrected chi connectivity index (χ2v) is 17.9. The van der Waals surface area contributed by atoms with E-state index in [2.05, 4.69) is 82.7 Å². The standard InChI is InChI=1S/C48H75NO4/c1-8-12-13-14-15-19-28-49(35-37-20-17-16-18-21-37)45(50)25-22-36(5)40-23-24-41-46-42(34-44(48(40,41)7)53-31-11-4)47(6)27-26-39(51-29-9-2)32-38(47)33-43(46)52-30-10-3/h9-11,16-18,20-21,36,38-44,46H,2-4,8,12-15,19,22-35H2,1,5-7H3/t36-,38?,39+,40?,41-,42-,43+,44-,46?,47-,48+/m0/s1. The summed E-state index contributed by atoms with van der Waals surface area (Å²) in [6.07, 6.45) is 23.4. The molecule has 3 unspecified atom stereocenters. The Balaban J connectivity index is 1.32. The molecule has 296 valence electrons. The summed E-state index contributed by atoms with van der Waals surface area (Å²) in [5, 5.41) is 0. The topological polar surface area (TPSA) is 48.0 Å². The van der Waals surface area contributed by atoms with E-state index in [4.69, 9.17) is 14.2 Å². The van der Waals surface area contributed by atoms with Gasteiger partial charge in [0.25, 0.3) is 0 Å². The molecule has 11 atom stereocenters. The molecule has 4 aliphatic carbocycles. The molecule has 0 N–H and O–H groups in total. The zero-order valence-corrected chi connectivity index (χ0v) is 34.2. The van der Waals surface area contributed by atoms with E-state index < -0.39 is 0 Å². The normalized spacial score (nSPS) is 34.0. The molecule has 0 aliphatic heterocycles. The second kappa shape index (κ2) is 20.1. The van der Waals surface area contributed by atoms with Crippen molar-refractivity contribution in [3.63, 3.8) is 0 Å². The third-order valence-corrected chi connectivity index (χ3v) is 14.9. The average molecular weight is 730 g/mol. The van der Waals surface area contributed by atoms with Crippen LogP contribution in [-0.2, 0) is 25.5 Å². The van der Waals surface area contributed by atoms with Crippen molar-refractivity contribution >= 4 is 5.91 Å². The predicted molar refractivity (Wildman–Crippen MR) is 219 cm³/mol. The highest BCUT2D eigenvalue weighted by atomic mass is 16.5. The molecule has 1 aromatic carbocycles. The first-order valence-corrected chi connectivity index (χ1v) is 21.7. The van der Waals surface area contributed by atoms with E-state index in [1.807, 2.05) is 18.2 Å². The Kier molecular flexibility index (Phi) is 15.9. The number of hydrogen-bond acceptors (Lipinski definition) is 4. The van der Waals surface area contributed by atoms with Gasteiger partial charge in [0, 0.05) is 24.9 Å². The summed E-state index contributed by atoms with van der Waals surface area (Å²) >= 11 is 0. The van der Waals surface area contributed by atoms with E-state index in [-0.39, 0.29) is 23.0 Å². The van der Waals surface area contributed by atoms with Crippen molar-refractivity contribution < 1.29 is 19.0 Å². The molecule has 0 radical (unpaired) electrons. The summed E-state index contributed by atoms with van der Waals surface area (Å²) in [5.41, 5.74) is 1.50. The molecule has 1 amide bonds. The molecule has 5 rings (SSSR count). The maximum absolute atomic E-state index is 14.0. The van der Waals surface area contributed by atoms with Gasteiger partial charge >= 0.3 is 0 Å². The van der Waals surface area contributed by atoms with Gasteiger partial charge in [-0.2, -0.15) is 0 Å². The maximum atomic E-state index is 14.0. The van der Waals surface area contributed by atoms with Crippen LogP contribution >= 0.6 is 0 Å². The number of fused-ring (bicyclic) bond motifs is 5. The monoisotopic (exact) mass is 730 g/mol. The van der Waals surface area contributed by atoms with Crippen LogP contribution in [0.2, 0.25) is 0 Å². The first-order valence-electron chi connectivity index (χ1n) is 21.7. The van der Waals surface area contributed by atoms with E-state index in [1.165, 1.54) is 56.9 Å². The number of ether oxygens (including phenoxy) is 3. The fourth-order valence-corrected chi connectivity index (χ4v) is 12.1. The Morgan fingerprint density at radius 3 is 2.30 bits per heavy atom. The third kappa shape index (κ3) is 9.79. The van der Waals surface area contributed by atoms with E-state index in [9.17, 15) is 4.79 Å². The van der Waals surface area contributed by atoms with Crippen LogP contribution < -0.4 is 0 Å². The highest BCUT2D eigenvalue weighted by Crippen LogP contribution is 2.69. The number of unbranched alkanes of at least 4 members (excludes halogenated alkanes) is 5. The van der Waals surface area contributed by atoms with Gasteiger partial charge in [0.05, 0.1) is 38.1 Å². The van der Waals surface area contributed by atoms with Crippen molar-refractivity contribution in [2.24, 2.45) is 46.3 Å². The summed E-state index contributed by atoms with van der Waals surface area (Å²) in [4.78, 5) is 16.2. The molecule has 0 saturated heterocycles. The van der Waals surface area contributed by atoms with Gasteiger partial charge in [-0.05, 0) is 104 Å². The molecular formula is C48H75NO4. The maximum Gasteiger partial charge on any atom is 0.222 e. The van der Waals surface area contributed by atoms with Crippen LogP contribution in [0.25, 0.3) is 0 Å². The molecule has 0 bridgehead atoms. The summed E-state index contributed by atoms with van der Waals surface area (Å²) < 4.78 is 20.0. The van der Waals surface area contributed by atoms with E-state index in [0.29, 0.717) is 80.3 Å². The van der Waals surface area contributed by atoms with Crippen molar-refractivity contribution in [2.45, 2.75) is 149 Å². The lowest BCUT2D eigenvalue weighted by Gasteiger charge is -2.64. The van der Waals surface area contributed by atoms with Crippen molar-refractivity contribution in [1.82, 2.24) is 4.90 Å². The fraction of sp³-hybridized carbons (Fsp3) is 0.729. The lowest BCUT2D eigenvalue weighted by Crippen LogP contribution is -2.63. The molecule has 5 nitrogen and oxygen atoms in total. The summed E-state index contributed by atoms with van der Waals surface area (Å²) in [6.45, 7) is 25.3. The minimum atomic E-state index is 0.0259. The quantitative estimate of drug-likeness (QED) is 0.0881. The van der Waals surface area contributed by atoms with Gasteiger partial charge in [-0.3, -0.25) is 4.79 Å². The molecule has 0 spiro atoms. The highest BCUT2D eigenvalue weighted by Gasteiger charge is 2.66. The van der Waals surface area contributed by atoms with Crippen molar-refractivity contribution in [3.8, 4) is 0 Å². The molecule has 0 heterocycles. The van der Waals surface area contributed by atoms with Gasteiger partial charge < -0.3 is 19.1 Å². The number of nitrogens with zero attached hydrogens (tertiary/aromatic N) is 1. The van der Waals surface area contributed by atoms with E-state index in [0.717, 1.165) is 45.1 Å². The molecular weight excluding hydrogens is 655 g/mol. The number of carbonyl (C=O) groups excluding carboxylic acids is 1. The van der Waals surface area contributed by atoms with Crippen molar-refractivity contribution in [1.29, 1.82) is 0 Å². The second-order valence-electron chi connectivity index (χ2n) is 17.9. The van der Waals surface area contributed by atoms with Crippen LogP contribution in [0.5, 0.6) is 0 Å². The van der Waals surface area contributed by atoms with Gasteiger partial charge in [0.2, 0.25) is 5.91 Å². The predicted octanol–water partition coefficient (Wildman–Crippen LogP) is 11.4. The first-order chi connectivity index (χ1) is 25.7. The largest absolute Gasteiger partial charge is 0.374 e. The molecule has 4 saturated carbocycles. The Morgan fingerprint density at radius 2 is 1.57 bits per heavy atom. The number of hydrogen-bond donors (Lipinski definition) is 0. The van der Waals surface area contributed by atoms with Gasteiger partial charge in [-0.25, -0.2) is 0 Å². The van der Waals surface area contributed by atoms with Crippen LogP contribution in [0.3, 0.4) is 0 Å². The van der Waals surface area contributed by atoms with Gasteiger partial charge in [-0.1, -0.05) is 108 Å². The average Bonchev–Trinajstić information content (AvgIpc) is 3.53. The van der Waals surface area contributed by atoms with Gasteiger partial charge in [0.1, 0.15) is 0 Å². The minimum Gasteiger partial charge on any atom is -0.374 e. The van der Waals surface area contributed by atoms with Crippen LogP contribution in [0, 0.1) is 46.3 Å². The van der Waals surface area contributed by atoms with Crippen molar-refractivity contribution in [3.05, 3.63) is 73.9 Å². The van der Waals surface area contributed by atoms with E-state index >= 15 is 0 Å². The number of benzene rings is 1.